The minimum atomic E-state index is -0.790. The number of ether oxygens (including phenoxy) is 3. The topological polar surface area (TPSA) is 78.9 Å². The zero-order valence-corrected chi connectivity index (χ0v) is 53.8. The SMILES string of the molecule is CC/C=C\C/C=C\C/C=C\C/C=C\CCCCCCC(=O)OC(COC(=O)CCCCCCCCCCCCCCCC/C=C\C/C=C\C/C=C\CCCCCCC)COC(=O)CCCCCCCCCCCCCCCCCCC. The van der Waals surface area contributed by atoms with Crippen molar-refractivity contribution in [2.45, 2.75) is 361 Å². The van der Waals surface area contributed by atoms with Crippen LogP contribution in [0, 0.1) is 0 Å². The zero-order valence-electron chi connectivity index (χ0n) is 53.8. The standard InChI is InChI=1S/C75H132O6/c1-4-7-10-13-16-19-22-25-28-31-32-33-34-35-36-37-38-39-40-41-42-45-47-50-53-56-59-62-65-68-74(77)80-71-72(81-75(78)69-66-63-60-57-54-51-48-44-30-27-24-21-18-15-12-9-6-3)70-79-73(76)67-64-61-58-55-52-49-46-43-29-26-23-20-17-14-11-8-5-2/h9,12,18,21-22,25,27,30-32,34-35,48,51,72H,4-8,10-11,13-17,19-20,23-24,26,28-29,33,36-47,49-50,52-71H2,1-3H3/b12-9-,21-18-,25-22-,30-27-,32-31-,35-34-,51-48-. The van der Waals surface area contributed by atoms with Crippen molar-refractivity contribution >= 4 is 17.9 Å². The molecule has 0 saturated carbocycles. The summed E-state index contributed by atoms with van der Waals surface area (Å²) in [7, 11) is 0. The van der Waals surface area contributed by atoms with E-state index in [2.05, 4.69) is 106 Å². The molecule has 6 nitrogen and oxygen atoms in total. The fourth-order valence-corrected chi connectivity index (χ4v) is 10.2. The largest absolute Gasteiger partial charge is 0.462 e. The third-order valence-corrected chi connectivity index (χ3v) is 15.4. The van der Waals surface area contributed by atoms with Gasteiger partial charge in [0, 0.05) is 19.3 Å². The van der Waals surface area contributed by atoms with E-state index in [1.54, 1.807) is 0 Å². The molecule has 0 aromatic heterocycles. The van der Waals surface area contributed by atoms with Gasteiger partial charge in [0.1, 0.15) is 13.2 Å². The molecule has 0 aliphatic heterocycles. The third-order valence-electron chi connectivity index (χ3n) is 15.4. The van der Waals surface area contributed by atoms with E-state index in [9.17, 15) is 14.4 Å². The Kier molecular flexibility index (Phi) is 66.2. The van der Waals surface area contributed by atoms with Crippen LogP contribution in [0.3, 0.4) is 0 Å². The molecule has 0 aliphatic carbocycles. The molecule has 0 aliphatic rings. The number of allylic oxidation sites excluding steroid dienone is 14. The van der Waals surface area contributed by atoms with Gasteiger partial charge in [-0.25, -0.2) is 0 Å². The first-order chi connectivity index (χ1) is 40.0. The predicted molar refractivity (Wildman–Crippen MR) is 353 cm³/mol. The number of hydrogen-bond acceptors (Lipinski definition) is 6. The maximum absolute atomic E-state index is 12.9. The highest BCUT2D eigenvalue weighted by Crippen LogP contribution is 2.18. The molecule has 0 rings (SSSR count). The second kappa shape index (κ2) is 69.1. The van der Waals surface area contributed by atoms with Crippen molar-refractivity contribution in [2.24, 2.45) is 0 Å². The van der Waals surface area contributed by atoms with E-state index >= 15 is 0 Å². The molecule has 0 aromatic rings. The van der Waals surface area contributed by atoms with E-state index in [0.717, 1.165) is 109 Å². The molecule has 0 aromatic carbocycles. The molecule has 0 fully saturated rings. The first kappa shape index (κ1) is 77.6. The number of rotatable bonds is 64. The van der Waals surface area contributed by atoms with Crippen molar-refractivity contribution in [3.8, 4) is 0 Å². The van der Waals surface area contributed by atoms with Crippen LogP contribution in [0.4, 0.5) is 0 Å². The van der Waals surface area contributed by atoms with E-state index in [0.29, 0.717) is 19.3 Å². The summed E-state index contributed by atoms with van der Waals surface area (Å²) in [5.74, 6) is -0.888. The van der Waals surface area contributed by atoms with Gasteiger partial charge in [-0.3, -0.25) is 14.4 Å². The Morgan fingerprint density at radius 3 is 0.753 bits per heavy atom. The molecule has 0 saturated heterocycles. The summed E-state index contributed by atoms with van der Waals surface area (Å²) >= 11 is 0. The number of hydrogen-bond donors (Lipinski definition) is 0. The van der Waals surface area contributed by atoms with Gasteiger partial charge in [-0.1, -0.05) is 324 Å². The van der Waals surface area contributed by atoms with Gasteiger partial charge in [0.2, 0.25) is 0 Å². The normalized spacial score (nSPS) is 12.6. The Morgan fingerprint density at radius 1 is 0.259 bits per heavy atom. The fraction of sp³-hybridized carbons (Fsp3) is 0.773. The first-order valence-electron chi connectivity index (χ1n) is 35.1. The Balaban J connectivity index is 4.29. The highest BCUT2D eigenvalue weighted by atomic mass is 16.6. The monoisotopic (exact) mass is 1130 g/mol. The van der Waals surface area contributed by atoms with Crippen LogP contribution in [0.1, 0.15) is 355 Å². The van der Waals surface area contributed by atoms with Crippen LogP contribution in [-0.2, 0) is 28.6 Å². The van der Waals surface area contributed by atoms with Gasteiger partial charge in [-0.2, -0.15) is 0 Å². The smallest absolute Gasteiger partial charge is 0.306 e. The van der Waals surface area contributed by atoms with Crippen molar-refractivity contribution in [2.75, 3.05) is 13.2 Å². The minimum absolute atomic E-state index is 0.0828. The van der Waals surface area contributed by atoms with Gasteiger partial charge >= 0.3 is 17.9 Å². The molecule has 6 heteroatoms. The Bertz CT molecular complexity index is 1530. The van der Waals surface area contributed by atoms with Crippen LogP contribution in [0.15, 0.2) is 85.1 Å². The molecule has 0 N–H and O–H groups in total. The zero-order chi connectivity index (χ0) is 58.5. The quantitative estimate of drug-likeness (QED) is 0.0261. The summed E-state index contributed by atoms with van der Waals surface area (Å²) in [6, 6.07) is 0. The van der Waals surface area contributed by atoms with Gasteiger partial charge in [0.05, 0.1) is 0 Å². The summed E-state index contributed by atoms with van der Waals surface area (Å²) in [5, 5.41) is 0. The summed E-state index contributed by atoms with van der Waals surface area (Å²) in [4.78, 5) is 38.4. The number of esters is 3. The average molecular weight is 1130 g/mol. The van der Waals surface area contributed by atoms with Crippen LogP contribution in [-0.4, -0.2) is 37.2 Å². The molecule has 0 bridgehead atoms. The molecule has 0 amide bonds. The van der Waals surface area contributed by atoms with Gasteiger partial charge in [-0.15, -0.1) is 0 Å². The molecule has 81 heavy (non-hydrogen) atoms. The second-order valence-corrected chi connectivity index (χ2v) is 23.4. The number of unbranched alkanes of at least 4 members (excludes halogenated alkanes) is 39. The molecular formula is C75H132O6. The van der Waals surface area contributed by atoms with E-state index in [1.807, 2.05) is 0 Å². The molecule has 0 radical (unpaired) electrons. The lowest BCUT2D eigenvalue weighted by atomic mass is 10.0. The Hall–Kier alpha value is -3.41. The Morgan fingerprint density at radius 2 is 0.481 bits per heavy atom. The first-order valence-corrected chi connectivity index (χ1v) is 35.1. The second-order valence-electron chi connectivity index (χ2n) is 23.4. The van der Waals surface area contributed by atoms with Crippen LogP contribution < -0.4 is 0 Å². The van der Waals surface area contributed by atoms with E-state index in [-0.39, 0.29) is 31.1 Å². The lowest BCUT2D eigenvalue weighted by molar-refractivity contribution is -0.167. The van der Waals surface area contributed by atoms with E-state index < -0.39 is 6.10 Å². The van der Waals surface area contributed by atoms with Gasteiger partial charge < -0.3 is 14.2 Å². The summed E-state index contributed by atoms with van der Waals surface area (Å²) < 4.78 is 17.0. The minimum Gasteiger partial charge on any atom is -0.462 e. The lowest BCUT2D eigenvalue weighted by Gasteiger charge is -2.18. The van der Waals surface area contributed by atoms with Crippen LogP contribution >= 0.6 is 0 Å². The van der Waals surface area contributed by atoms with Gasteiger partial charge in [-0.05, 0) is 96.3 Å². The summed E-state index contributed by atoms with van der Waals surface area (Å²) in [6.45, 7) is 6.55. The summed E-state index contributed by atoms with van der Waals surface area (Å²) in [6.07, 6.45) is 91.8. The molecule has 468 valence electrons. The fourth-order valence-electron chi connectivity index (χ4n) is 10.2. The molecule has 0 spiro atoms. The van der Waals surface area contributed by atoms with Crippen molar-refractivity contribution < 1.29 is 28.6 Å². The predicted octanol–water partition coefficient (Wildman–Crippen LogP) is 24.2. The summed E-state index contributed by atoms with van der Waals surface area (Å²) in [5.41, 5.74) is 0. The van der Waals surface area contributed by atoms with E-state index in [4.69, 9.17) is 14.2 Å². The van der Waals surface area contributed by atoms with Gasteiger partial charge in [0.15, 0.2) is 6.10 Å². The molecule has 0 heterocycles. The Labute approximate surface area is 503 Å². The van der Waals surface area contributed by atoms with Gasteiger partial charge in [0.25, 0.3) is 0 Å². The third kappa shape index (κ3) is 67.3. The molecular weight excluding hydrogens is 997 g/mol. The number of carbonyl (C=O) groups is 3. The van der Waals surface area contributed by atoms with Crippen LogP contribution in [0.5, 0.6) is 0 Å². The van der Waals surface area contributed by atoms with Crippen molar-refractivity contribution in [1.29, 1.82) is 0 Å². The average Bonchev–Trinajstić information content (AvgIpc) is 3.47. The highest BCUT2D eigenvalue weighted by Gasteiger charge is 2.19. The maximum atomic E-state index is 12.9. The lowest BCUT2D eigenvalue weighted by Crippen LogP contribution is -2.30. The van der Waals surface area contributed by atoms with Crippen molar-refractivity contribution in [3.63, 3.8) is 0 Å². The maximum Gasteiger partial charge on any atom is 0.306 e. The highest BCUT2D eigenvalue weighted by molar-refractivity contribution is 5.71. The number of carbonyl (C=O) groups excluding carboxylic acids is 3. The molecule has 1 unspecified atom stereocenters. The van der Waals surface area contributed by atoms with Crippen LogP contribution in [0.2, 0.25) is 0 Å². The van der Waals surface area contributed by atoms with Crippen molar-refractivity contribution in [1.82, 2.24) is 0 Å². The van der Waals surface area contributed by atoms with E-state index in [1.165, 1.54) is 205 Å². The van der Waals surface area contributed by atoms with Crippen molar-refractivity contribution in [3.05, 3.63) is 85.1 Å². The van der Waals surface area contributed by atoms with Crippen LogP contribution in [0.25, 0.3) is 0 Å². The molecule has 1 atom stereocenters.